The Hall–Kier alpha value is -0.360. The first-order valence-electron chi connectivity index (χ1n) is 5.83. The van der Waals surface area contributed by atoms with E-state index in [0.29, 0.717) is 5.28 Å². The number of aliphatic hydroxyl groups excluding tert-OH is 1. The molecule has 0 saturated carbocycles. The minimum absolute atomic E-state index is 0.193. The Morgan fingerprint density at radius 1 is 1.50 bits per heavy atom. The third-order valence-electron chi connectivity index (χ3n) is 2.55. The van der Waals surface area contributed by atoms with Gasteiger partial charge in [0.05, 0.1) is 0 Å². The number of aromatic nitrogens is 2. The topological polar surface area (TPSA) is 46.0 Å². The maximum Gasteiger partial charge on any atom is 0.224 e. The van der Waals surface area contributed by atoms with E-state index in [1.165, 1.54) is 4.88 Å². The minimum Gasteiger partial charge on any atom is -0.396 e. The first-order valence-corrected chi connectivity index (χ1v) is 8.01. The lowest BCUT2D eigenvalue weighted by Gasteiger charge is -2.07. The molecule has 1 N–H and O–H groups in total. The molecule has 2 rings (SSSR count). The molecule has 0 spiro atoms. The molecule has 0 aliphatic carbocycles. The Labute approximate surface area is 120 Å². The van der Waals surface area contributed by atoms with Gasteiger partial charge in [0.15, 0.2) is 0 Å². The molecular formula is C12H15ClN2OS2. The number of nitrogens with zero attached hydrogens (tertiary/aromatic N) is 2. The van der Waals surface area contributed by atoms with Crippen LogP contribution in [0.3, 0.4) is 0 Å². The standard InChI is InChI=1S/C12H15ClN2OS2/c1-3-8-4-9-10(17-6-7(2)5-16)14-12(13)15-11(9)18-8/h4,7,16H,3,5-6H2,1-2H3. The fourth-order valence-electron chi connectivity index (χ4n) is 1.48. The SMILES string of the molecule is CCc1cc2c(SCC(C)CO)nc(Cl)nc2s1. The van der Waals surface area contributed by atoms with Crippen LogP contribution < -0.4 is 0 Å². The van der Waals surface area contributed by atoms with Crippen molar-refractivity contribution in [3.63, 3.8) is 0 Å². The number of halogens is 1. The van der Waals surface area contributed by atoms with Crippen molar-refractivity contribution in [2.75, 3.05) is 12.4 Å². The maximum absolute atomic E-state index is 9.05. The highest BCUT2D eigenvalue weighted by molar-refractivity contribution is 7.99. The number of fused-ring (bicyclic) bond motifs is 1. The van der Waals surface area contributed by atoms with Gasteiger partial charge in [-0.1, -0.05) is 13.8 Å². The van der Waals surface area contributed by atoms with Gasteiger partial charge in [-0.05, 0) is 30.0 Å². The van der Waals surface area contributed by atoms with Gasteiger partial charge in [0.1, 0.15) is 9.86 Å². The van der Waals surface area contributed by atoms with Gasteiger partial charge < -0.3 is 5.11 Å². The van der Waals surface area contributed by atoms with Gasteiger partial charge >= 0.3 is 0 Å². The Bertz CT molecular complexity index is 544. The van der Waals surface area contributed by atoms with E-state index in [0.717, 1.165) is 27.4 Å². The monoisotopic (exact) mass is 302 g/mol. The molecule has 1 unspecified atom stereocenters. The fourth-order valence-corrected chi connectivity index (χ4v) is 3.79. The quantitative estimate of drug-likeness (QED) is 0.520. The number of aliphatic hydroxyl groups is 1. The zero-order valence-electron chi connectivity index (χ0n) is 10.3. The van der Waals surface area contributed by atoms with Crippen LogP contribution in [0.15, 0.2) is 11.1 Å². The second-order valence-electron chi connectivity index (χ2n) is 4.18. The number of aryl methyl sites for hydroxylation is 1. The summed E-state index contributed by atoms with van der Waals surface area (Å²) in [6, 6.07) is 2.14. The zero-order chi connectivity index (χ0) is 13.1. The highest BCUT2D eigenvalue weighted by atomic mass is 35.5. The summed E-state index contributed by atoms with van der Waals surface area (Å²) in [6.07, 6.45) is 0.996. The van der Waals surface area contributed by atoms with Gasteiger partial charge in [0.2, 0.25) is 5.28 Å². The van der Waals surface area contributed by atoms with Crippen LogP contribution in [0.25, 0.3) is 10.2 Å². The highest BCUT2D eigenvalue weighted by Crippen LogP contribution is 2.33. The Morgan fingerprint density at radius 3 is 2.94 bits per heavy atom. The summed E-state index contributed by atoms with van der Waals surface area (Å²) in [4.78, 5) is 10.8. The smallest absolute Gasteiger partial charge is 0.224 e. The van der Waals surface area contributed by atoms with Gasteiger partial charge in [0, 0.05) is 22.6 Å². The summed E-state index contributed by atoms with van der Waals surface area (Å²) in [5.74, 6) is 1.08. The van der Waals surface area contributed by atoms with E-state index in [1.54, 1.807) is 23.1 Å². The molecule has 6 heteroatoms. The lowest BCUT2D eigenvalue weighted by atomic mass is 10.2. The molecule has 2 heterocycles. The van der Waals surface area contributed by atoms with Crippen molar-refractivity contribution in [2.45, 2.75) is 25.3 Å². The van der Waals surface area contributed by atoms with Crippen molar-refractivity contribution in [3.05, 3.63) is 16.2 Å². The molecular weight excluding hydrogens is 288 g/mol. The molecule has 0 saturated heterocycles. The highest BCUT2D eigenvalue weighted by Gasteiger charge is 2.12. The summed E-state index contributed by atoms with van der Waals surface area (Å²) >= 11 is 9.25. The van der Waals surface area contributed by atoms with Crippen molar-refractivity contribution in [1.29, 1.82) is 0 Å². The van der Waals surface area contributed by atoms with Crippen molar-refractivity contribution < 1.29 is 5.11 Å². The average Bonchev–Trinajstić information content (AvgIpc) is 2.78. The van der Waals surface area contributed by atoms with Crippen LogP contribution in [0.1, 0.15) is 18.7 Å². The normalized spacial score (nSPS) is 13.1. The molecule has 0 radical (unpaired) electrons. The summed E-state index contributed by atoms with van der Waals surface area (Å²) < 4.78 is 0. The van der Waals surface area contributed by atoms with Crippen molar-refractivity contribution in [2.24, 2.45) is 5.92 Å². The maximum atomic E-state index is 9.05. The Balaban J connectivity index is 2.32. The van der Waals surface area contributed by atoms with Gasteiger partial charge in [0.25, 0.3) is 0 Å². The summed E-state index contributed by atoms with van der Waals surface area (Å²) in [5.41, 5.74) is 0. The molecule has 2 aromatic heterocycles. The van der Waals surface area contributed by atoms with Crippen LogP contribution >= 0.6 is 34.7 Å². The molecule has 18 heavy (non-hydrogen) atoms. The molecule has 0 aliphatic rings. The number of rotatable bonds is 5. The number of thioether (sulfide) groups is 1. The first kappa shape index (κ1) is 14.1. The van der Waals surface area contributed by atoms with Crippen LogP contribution in [0, 0.1) is 5.92 Å². The van der Waals surface area contributed by atoms with Crippen LogP contribution in [-0.2, 0) is 6.42 Å². The van der Waals surface area contributed by atoms with E-state index in [2.05, 4.69) is 23.0 Å². The summed E-state index contributed by atoms with van der Waals surface area (Å²) in [5, 5.41) is 11.3. The molecule has 0 bridgehead atoms. The molecule has 0 aliphatic heterocycles. The second kappa shape index (κ2) is 6.19. The lowest BCUT2D eigenvalue weighted by molar-refractivity contribution is 0.250. The second-order valence-corrected chi connectivity index (χ2v) is 6.64. The third-order valence-corrected chi connectivity index (χ3v) is 5.21. The largest absolute Gasteiger partial charge is 0.396 e. The average molecular weight is 303 g/mol. The van der Waals surface area contributed by atoms with Crippen molar-refractivity contribution in [3.8, 4) is 0 Å². The van der Waals surface area contributed by atoms with Crippen molar-refractivity contribution in [1.82, 2.24) is 9.97 Å². The Morgan fingerprint density at radius 2 is 2.28 bits per heavy atom. The number of hydrogen-bond acceptors (Lipinski definition) is 5. The molecule has 0 fully saturated rings. The van der Waals surface area contributed by atoms with E-state index in [4.69, 9.17) is 16.7 Å². The van der Waals surface area contributed by atoms with Crippen LogP contribution in [-0.4, -0.2) is 27.4 Å². The minimum atomic E-state index is 0.193. The van der Waals surface area contributed by atoms with E-state index in [9.17, 15) is 0 Å². The number of hydrogen-bond donors (Lipinski definition) is 1. The van der Waals surface area contributed by atoms with Crippen molar-refractivity contribution >= 4 is 44.9 Å². The summed E-state index contributed by atoms with van der Waals surface area (Å²) in [6.45, 7) is 4.33. The van der Waals surface area contributed by atoms with E-state index >= 15 is 0 Å². The third kappa shape index (κ3) is 3.15. The number of thiophene rings is 1. The first-order chi connectivity index (χ1) is 8.63. The van der Waals surface area contributed by atoms with E-state index in [1.807, 2.05) is 6.92 Å². The predicted molar refractivity (Wildman–Crippen MR) is 78.8 cm³/mol. The molecule has 0 aromatic carbocycles. The molecule has 0 amide bonds. The van der Waals surface area contributed by atoms with Gasteiger partial charge in [-0.3, -0.25) is 0 Å². The van der Waals surface area contributed by atoms with Crippen LogP contribution in [0.2, 0.25) is 5.28 Å². The van der Waals surface area contributed by atoms with Gasteiger partial charge in [-0.15, -0.1) is 23.1 Å². The van der Waals surface area contributed by atoms with E-state index < -0.39 is 0 Å². The molecule has 2 aromatic rings. The molecule has 3 nitrogen and oxygen atoms in total. The predicted octanol–water partition coefficient (Wildman–Crippen LogP) is 3.63. The Kier molecular flexibility index (Phi) is 4.84. The van der Waals surface area contributed by atoms with Gasteiger partial charge in [-0.25, -0.2) is 9.97 Å². The summed E-state index contributed by atoms with van der Waals surface area (Å²) in [7, 11) is 0. The molecule has 1 atom stereocenters. The zero-order valence-corrected chi connectivity index (χ0v) is 12.7. The van der Waals surface area contributed by atoms with E-state index in [-0.39, 0.29) is 12.5 Å². The lowest BCUT2D eigenvalue weighted by Crippen LogP contribution is -2.03. The fraction of sp³-hybridized carbons (Fsp3) is 0.500. The van der Waals surface area contributed by atoms with Crippen LogP contribution in [0.5, 0.6) is 0 Å². The molecule has 98 valence electrons. The van der Waals surface area contributed by atoms with Gasteiger partial charge in [-0.2, -0.15) is 0 Å². The van der Waals surface area contributed by atoms with Crippen LogP contribution in [0.4, 0.5) is 0 Å².